The Hall–Kier alpha value is -0.310. The Labute approximate surface area is 95.5 Å². The van der Waals surface area contributed by atoms with Crippen LogP contribution in [-0.2, 0) is 6.54 Å². The van der Waals surface area contributed by atoms with Crippen molar-refractivity contribution in [3.8, 4) is 0 Å². The van der Waals surface area contributed by atoms with Gasteiger partial charge in [0.2, 0.25) is 0 Å². The van der Waals surface area contributed by atoms with E-state index >= 15 is 0 Å². The molecule has 0 bridgehead atoms. The van der Waals surface area contributed by atoms with Crippen molar-refractivity contribution in [1.82, 2.24) is 10.3 Å². The van der Waals surface area contributed by atoms with E-state index in [2.05, 4.69) is 10.3 Å². The number of halogens is 2. The maximum atomic E-state index is 5.90. The molecule has 0 aromatic carbocycles. The molecule has 0 radical (unpaired) electrons. The van der Waals surface area contributed by atoms with Crippen molar-refractivity contribution in [2.75, 3.05) is 6.54 Å². The van der Waals surface area contributed by atoms with Crippen LogP contribution in [0.5, 0.6) is 0 Å². The lowest BCUT2D eigenvalue weighted by atomic mass is 10.3. The summed E-state index contributed by atoms with van der Waals surface area (Å²) in [6.45, 7) is 1.95. The van der Waals surface area contributed by atoms with Gasteiger partial charge in [-0.1, -0.05) is 17.7 Å². The average molecular weight is 233 g/mol. The molecular formula is C10H14Cl2N2. The van der Waals surface area contributed by atoms with Crippen molar-refractivity contribution in [1.29, 1.82) is 0 Å². The van der Waals surface area contributed by atoms with Gasteiger partial charge in [0.25, 0.3) is 0 Å². The maximum Gasteiger partial charge on any atom is 0.133 e. The van der Waals surface area contributed by atoms with Gasteiger partial charge in [-0.2, -0.15) is 0 Å². The van der Waals surface area contributed by atoms with E-state index in [1.165, 1.54) is 12.8 Å². The molecule has 0 amide bonds. The van der Waals surface area contributed by atoms with Gasteiger partial charge in [-0.15, -0.1) is 12.4 Å². The Bertz CT molecular complexity index is 287. The average Bonchev–Trinajstić information content (AvgIpc) is 2.92. The molecule has 0 unspecified atom stereocenters. The quantitative estimate of drug-likeness (QED) is 0.808. The fourth-order valence-corrected chi connectivity index (χ4v) is 1.47. The number of nitrogens with one attached hydrogen (secondary N) is 1. The highest BCUT2D eigenvalue weighted by molar-refractivity contribution is 6.30. The molecule has 0 atom stereocenters. The second-order valence-electron chi connectivity index (χ2n) is 3.53. The van der Waals surface area contributed by atoms with E-state index in [4.69, 9.17) is 11.6 Å². The summed E-state index contributed by atoms with van der Waals surface area (Å²) in [4.78, 5) is 4.02. The minimum absolute atomic E-state index is 0. The van der Waals surface area contributed by atoms with Crippen LogP contribution < -0.4 is 5.32 Å². The Balaban J connectivity index is 0.000000980. The van der Waals surface area contributed by atoms with E-state index in [0.717, 1.165) is 24.6 Å². The lowest BCUT2D eigenvalue weighted by molar-refractivity contribution is 0.637. The fourth-order valence-electron chi connectivity index (χ4n) is 1.28. The maximum absolute atomic E-state index is 5.90. The first-order chi connectivity index (χ1) is 6.36. The van der Waals surface area contributed by atoms with Crippen LogP contribution >= 0.6 is 24.0 Å². The van der Waals surface area contributed by atoms with Crippen LogP contribution in [0.4, 0.5) is 0 Å². The van der Waals surface area contributed by atoms with Gasteiger partial charge in [-0.05, 0) is 31.4 Å². The van der Waals surface area contributed by atoms with Gasteiger partial charge in [-0.3, -0.25) is 0 Å². The predicted molar refractivity (Wildman–Crippen MR) is 60.9 cm³/mol. The van der Waals surface area contributed by atoms with Crippen molar-refractivity contribution in [2.45, 2.75) is 19.4 Å². The van der Waals surface area contributed by atoms with E-state index < -0.39 is 0 Å². The Morgan fingerprint density at radius 2 is 2.29 bits per heavy atom. The first-order valence-corrected chi connectivity index (χ1v) is 5.04. The van der Waals surface area contributed by atoms with Gasteiger partial charge in [-0.25, -0.2) is 4.98 Å². The zero-order valence-electron chi connectivity index (χ0n) is 7.87. The summed E-state index contributed by atoms with van der Waals surface area (Å²) < 4.78 is 0. The molecule has 2 rings (SSSR count). The van der Waals surface area contributed by atoms with Crippen LogP contribution in [0.25, 0.3) is 0 Å². The molecule has 2 nitrogen and oxygen atoms in total. The minimum atomic E-state index is 0. The predicted octanol–water partition coefficient (Wildman–Crippen LogP) is 2.66. The summed E-state index contributed by atoms with van der Waals surface area (Å²) in [5, 5.41) is 4.00. The second kappa shape index (κ2) is 5.54. The summed E-state index contributed by atoms with van der Waals surface area (Å²) in [5.41, 5.74) is 1.09. The summed E-state index contributed by atoms with van der Waals surface area (Å²) in [5.74, 6) is 0.912. The molecule has 1 N–H and O–H groups in total. The van der Waals surface area contributed by atoms with Crippen LogP contribution in [0.2, 0.25) is 5.15 Å². The molecule has 0 saturated heterocycles. The van der Waals surface area contributed by atoms with Crippen molar-refractivity contribution < 1.29 is 0 Å². The number of hydrogen-bond acceptors (Lipinski definition) is 2. The first kappa shape index (κ1) is 11.8. The van der Waals surface area contributed by atoms with E-state index in [1.807, 2.05) is 12.1 Å². The van der Waals surface area contributed by atoms with Gasteiger partial charge < -0.3 is 5.32 Å². The van der Waals surface area contributed by atoms with Gasteiger partial charge in [0.1, 0.15) is 5.15 Å². The molecule has 1 aliphatic carbocycles. The van der Waals surface area contributed by atoms with Crippen LogP contribution in [0, 0.1) is 5.92 Å². The molecule has 1 aromatic heterocycles. The number of pyridine rings is 1. The zero-order valence-corrected chi connectivity index (χ0v) is 9.44. The molecule has 4 heteroatoms. The summed E-state index contributed by atoms with van der Waals surface area (Å²) in [6.07, 6.45) is 4.48. The standard InChI is InChI=1S/C10H13ClN2.ClH/c11-10-9(2-1-5-13-10)7-12-6-8-3-4-8;/h1-2,5,8,12H,3-4,6-7H2;1H. The topological polar surface area (TPSA) is 24.9 Å². The van der Waals surface area contributed by atoms with E-state index in [0.29, 0.717) is 5.15 Å². The van der Waals surface area contributed by atoms with Crippen molar-refractivity contribution >= 4 is 24.0 Å². The molecule has 1 heterocycles. The fraction of sp³-hybridized carbons (Fsp3) is 0.500. The Kier molecular flexibility index (Phi) is 4.66. The van der Waals surface area contributed by atoms with Crippen molar-refractivity contribution in [2.24, 2.45) is 5.92 Å². The van der Waals surface area contributed by atoms with Gasteiger partial charge >= 0.3 is 0 Å². The number of rotatable bonds is 4. The van der Waals surface area contributed by atoms with E-state index in [-0.39, 0.29) is 12.4 Å². The Morgan fingerprint density at radius 1 is 1.50 bits per heavy atom. The molecule has 1 aliphatic rings. The summed E-state index contributed by atoms with van der Waals surface area (Å²) >= 11 is 5.90. The highest BCUT2D eigenvalue weighted by Gasteiger charge is 2.20. The third-order valence-corrected chi connectivity index (χ3v) is 2.62. The molecular weight excluding hydrogens is 219 g/mol. The van der Waals surface area contributed by atoms with Crippen LogP contribution in [0.15, 0.2) is 18.3 Å². The van der Waals surface area contributed by atoms with Crippen molar-refractivity contribution in [3.63, 3.8) is 0 Å². The molecule has 0 spiro atoms. The van der Waals surface area contributed by atoms with E-state index in [1.54, 1.807) is 6.20 Å². The minimum Gasteiger partial charge on any atom is -0.312 e. The molecule has 1 fully saturated rings. The highest BCUT2D eigenvalue weighted by atomic mass is 35.5. The molecule has 14 heavy (non-hydrogen) atoms. The molecule has 1 saturated carbocycles. The molecule has 1 aromatic rings. The number of aromatic nitrogens is 1. The van der Waals surface area contributed by atoms with Crippen LogP contribution in [-0.4, -0.2) is 11.5 Å². The third-order valence-electron chi connectivity index (χ3n) is 2.28. The normalized spacial score (nSPS) is 14.9. The van der Waals surface area contributed by atoms with Crippen molar-refractivity contribution in [3.05, 3.63) is 29.0 Å². The van der Waals surface area contributed by atoms with E-state index in [9.17, 15) is 0 Å². The number of hydrogen-bond donors (Lipinski definition) is 1. The van der Waals surface area contributed by atoms with Gasteiger partial charge in [0.05, 0.1) is 0 Å². The zero-order chi connectivity index (χ0) is 9.10. The Morgan fingerprint density at radius 3 is 2.93 bits per heavy atom. The van der Waals surface area contributed by atoms with Crippen LogP contribution in [0.1, 0.15) is 18.4 Å². The monoisotopic (exact) mass is 232 g/mol. The second-order valence-corrected chi connectivity index (χ2v) is 3.89. The molecule has 0 aliphatic heterocycles. The number of nitrogens with zero attached hydrogens (tertiary/aromatic N) is 1. The molecule has 78 valence electrons. The van der Waals surface area contributed by atoms with Gasteiger partial charge in [0, 0.05) is 18.3 Å². The highest BCUT2D eigenvalue weighted by Crippen LogP contribution is 2.27. The SMILES string of the molecule is Cl.Clc1ncccc1CNCC1CC1. The summed E-state index contributed by atoms with van der Waals surface area (Å²) in [7, 11) is 0. The first-order valence-electron chi connectivity index (χ1n) is 4.66. The largest absolute Gasteiger partial charge is 0.312 e. The lowest BCUT2D eigenvalue weighted by Gasteiger charge is -2.04. The van der Waals surface area contributed by atoms with Gasteiger partial charge in [0.15, 0.2) is 0 Å². The summed E-state index contributed by atoms with van der Waals surface area (Å²) in [6, 6.07) is 3.93. The third kappa shape index (κ3) is 3.45. The smallest absolute Gasteiger partial charge is 0.133 e. The van der Waals surface area contributed by atoms with Crippen LogP contribution in [0.3, 0.4) is 0 Å². The lowest BCUT2D eigenvalue weighted by Crippen LogP contribution is -2.16.